The molecule has 0 spiro atoms. The van der Waals surface area contributed by atoms with E-state index in [4.69, 9.17) is 4.74 Å². The SMILES string of the molecule is CCOC(=O)c1cnn2c(-c3cccc(NC(=O)C(C)n4ccc(C)n4)c3)ccnc12. The zero-order valence-electron chi connectivity index (χ0n) is 17.4. The molecule has 3 heterocycles. The Hall–Kier alpha value is -4.01. The molecule has 1 aromatic carbocycles. The van der Waals surface area contributed by atoms with Crippen LogP contribution in [0.5, 0.6) is 0 Å². The van der Waals surface area contributed by atoms with Gasteiger partial charge >= 0.3 is 5.97 Å². The Balaban J connectivity index is 1.62. The number of amides is 1. The standard InChI is InChI=1S/C22H22N6O3/c1-4-31-22(30)18-13-24-28-19(8-10-23-20(18)28)16-6-5-7-17(12-16)25-21(29)15(3)27-11-9-14(2)26-27/h5-13,15H,4H2,1-3H3,(H,25,29). The zero-order valence-corrected chi connectivity index (χ0v) is 17.4. The molecule has 4 aromatic rings. The summed E-state index contributed by atoms with van der Waals surface area (Å²) in [7, 11) is 0. The number of esters is 1. The highest BCUT2D eigenvalue weighted by Gasteiger charge is 2.18. The predicted molar refractivity (Wildman–Crippen MR) is 115 cm³/mol. The van der Waals surface area contributed by atoms with Gasteiger partial charge in [0.1, 0.15) is 11.6 Å². The van der Waals surface area contributed by atoms with E-state index in [0.29, 0.717) is 16.9 Å². The molecule has 1 atom stereocenters. The fourth-order valence-electron chi connectivity index (χ4n) is 3.23. The molecule has 0 aliphatic rings. The van der Waals surface area contributed by atoms with Crippen molar-refractivity contribution in [2.45, 2.75) is 26.8 Å². The van der Waals surface area contributed by atoms with E-state index in [1.807, 2.05) is 37.3 Å². The van der Waals surface area contributed by atoms with Crippen molar-refractivity contribution in [2.24, 2.45) is 0 Å². The van der Waals surface area contributed by atoms with Crippen LogP contribution in [0.4, 0.5) is 5.69 Å². The largest absolute Gasteiger partial charge is 0.462 e. The lowest BCUT2D eigenvalue weighted by Gasteiger charge is -2.13. The second-order valence-corrected chi connectivity index (χ2v) is 7.03. The van der Waals surface area contributed by atoms with Gasteiger partial charge in [-0.25, -0.2) is 14.3 Å². The third-order valence-electron chi connectivity index (χ3n) is 4.84. The highest BCUT2D eigenvalue weighted by Crippen LogP contribution is 2.24. The second kappa shape index (κ2) is 8.39. The molecule has 0 aliphatic carbocycles. The second-order valence-electron chi connectivity index (χ2n) is 7.03. The number of carbonyl (C=O) groups excluding carboxylic acids is 2. The molecule has 1 N–H and O–H groups in total. The van der Waals surface area contributed by atoms with E-state index >= 15 is 0 Å². The fourth-order valence-corrected chi connectivity index (χ4v) is 3.23. The minimum atomic E-state index is -0.467. The first-order chi connectivity index (χ1) is 15.0. The Bertz CT molecular complexity index is 1260. The minimum Gasteiger partial charge on any atom is -0.462 e. The summed E-state index contributed by atoms with van der Waals surface area (Å²) in [6, 6.07) is 10.6. The summed E-state index contributed by atoms with van der Waals surface area (Å²) in [5, 5.41) is 11.5. The highest BCUT2D eigenvalue weighted by atomic mass is 16.5. The molecule has 0 saturated carbocycles. The van der Waals surface area contributed by atoms with Gasteiger partial charge in [-0.1, -0.05) is 12.1 Å². The monoisotopic (exact) mass is 418 g/mol. The number of nitrogens with zero attached hydrogens (tertiary/aromatic N) is 5. The van der Waals surface area contributed by atoms with E-state index in [1.54, 1.807) is 41.5 Å². The van der Waals surface area contributed by atoms with Crippen LogP contribution in [0.25, 0.3) is 16.9 Å². The van der Waals surface area contributed by atoms with Crippen LogP contribution in [0.2, 0.25) is 0 Å². The summed E-state index contributed by atoms with van der Waals surface area (Å²) in [5.74, 6) is -0.644. The van der Waals surface area contributed by atoms with Crippen LogP contribution in [0, 0.1) is 6.92 Å². The normalized spacial score (nSPS) is 12.0. The van der Waals surface area contributed by atoms with Crippen molar-refractivity contribution in [1.29, 1.82) is 0 Å². The number of benzene rings is 1. The molecule has 3 aromatic heterocycles. The Labute approximate surface area is 178 Å². The third kappa shape index (κ3) is 4.02. The molecule has 1 unspecified atom stereocenters. The van der Waals surface area contributed by atoms with Gasteiger partial charge in [0.2, 0.25) is 5.91 Å². The topological polar surface area (TPSA) is 103 Å². The van der Waals surface area contributed by atoms with E-state index in [9.17, 15) is 9.59 Å². The fraction of sp³-hybridized carbons (Fsp3) is 0.227. The predicted octanol–water partition coefficient (Wildman–Crippen LogP) is 3.28. The summed E-state index contributed by atoms with van der Waals surface area (Å²) in [5.41, 5.74) is 3.74. The molecular formula is C22H22N6O3. The van der Waals surface area contributed by atoms with Crippen LogP contribution < -0.4 is 5.32 Å². The summed E-state index contributed by atoms with van der Waals surface area (Å²) in [6.07, 6.45) is 4.84. The van der Waals surface area contributed by atoms with Crippen LogP contribution in [0.1, 0.15) is 35.9 Å². The minimum absolute atomic E-state index is 0.177. The lowest BCUT2D eigenvalue weighted by Crippen LogP contribution is -2.24. The van der Waals surface area contributed by atoms with E-state index in [1.165, 1.54) is 6.20 Å². The number of hydrogen-bond donors (Lipinski definition) is 1. The maximum absolute atomic E-state index is 12.7. The molecule has 9 nitrogen and oxygen atoms in total. The van der Waals surface area contributed by atoms with Crippen molar-refractivity contribution in [2.75, 3.05) is 11.9 Å². The molecular weight excluding hydrogens is 396 g/mol. The first-order valence-corrected chi connectivity index (χ1v) is 9.91. The average Bonchev–Trinajstić information content (AvgIpc) is 3.39. The first-order valence-electron chi connectivity index (χ1n) is 9.91. The van der Waals surface area contributed by atoms with Crippen molar-refractivity contribution in [3.8, 4) is 11.3 Å². The molecule has 0 aliphatic heterocycles. The van der Waals surface area contributed by atoms with Gasteiger partial charge in [0.05, 0.1) is 24.2 Å². The lowest BCUT2D eigenvalue weighted by molar-refractivity contribution is -0.119. The third-order valence-corrected chi connectivity index (χ3v) is 4.84. The van der Waals surface area contributed by atoms with Crippen molar-refractivity contribution < 1.29 is 14.3 Å². The molecule has 0 fully saturated rings. The number of hydrogen-bond acceptors (Lipinski definition) is 6. The maximum atomic E-state index is 12.7. The van der Waals surface area contributed by atoms with E-state index in [-0.39, 0.29) is 12.5 Å². The van der Waals surface area contributed by atoms with E-state index in [2.05, 4.69) is 20.5 Å². The number of rotatable bonds is 6. The van der Waals surface area contributed by atoms with Gasteiger partial charge in [0, 0.05) is 23.6 Å². The van der Waals surface area contributed by atoms with Crippen molar-refractivity contribution in [1.82, 2.24) is 24.4 Å². The summed E-state index contributed by atoms with van der Waals surface area (Å²) in [6.45, 7) is 5.69. The number of fused-ring (bicyclic) bond motifs is 1. The van der Waals surface area contributed by atoms with Gasteiger partial charge in [-0.15, -0.1) is 0 Å². The quantitative estimate of drug-likeness (QED) is 0.482. The van der Waals surface area contributed by atoms with Gasteiger partial charge in [-0.05, 0) is 45.0 Å². The summed E-state index contributed by atoms with van der Waals surface area (Å²) < 4.78 is 8.29. The summed E-state index contributed by atoms with van der Waals surface area (Å²) >= 11 is 0. The smallest absolute Gasteiger partial charge is 0.343 e. The molecule has 1 amide bonds. The molecule has 0 bridgehead atoms. The van der Waals surface area contributed by atoms with E-state index < -0.39 is 12.0 Å². The zero-order chi connectivity index (χ0) is 22.0. The van der Waals surface area contributed by atoms with Gasteiger partial charge in [0.25, 0.3) is 0 Å². The number of carbonyl (C=O) groups is 2. The van der Waals surface area contributed by atoms with Gasteiger partial charge in [-0.3, -0.25) is 9.48 Å². The Morgan fingerprint density at radius 2 is 2.06 bits per heavy atom. The first kappa shape index (κ1) is 20.3. The van der Waals surface area contributed by atoms with Crippen molar-refractivity contribution >= 4 is 23.2 Å². The number of nitrogens with one attached hydrogen (secondary N) is 1. The summed E-state index contributed by atoms with van der Waals surface area (Å²) in [4.78, 5) is 29.1. The van der Waals surface area contributed by atoms with Gasteiger partial charge in [0.15, 0.2) is 5.65 Å². The van der Waals surface area contributed by atoms with Crippen LogP contribution >= 0.6 is 0 Å². The van der Waals surface area contributed by atoms with Crippen LogP contribution in [-0.2, 0) is 9.53 Å². The molecule has 0 radical (unpaired) electrons. The number of aromatic nitrogens is 5. The Kier molecular flexibility index (Phi) is 5.48. The van der Waals surface area contributed by atoms with Crippen LogP contribution in [0.3, 0.4) is 0 Å². The maximum Gasteiger partial charge on any atom is 0.343 e. The Morgan fingerprint density at radius 3 is 2.81 bits per heavy atom. The molecule has 4 rings (SSSR count). The lowest BCUT2D eigenvalue weighted by atomic mass is 10.1. The van der Waals surface area contributed by atoms with Crippen LogP contribution in [-0.4, -0.2) is 42.9 Å². The van der Waals surface area contributed by atoms with Crippen molar-refractivity contribution in [3.63, 3.8) is 0 Å². The molecule has 158 valence electrons. The Morgan fingerprint density at radius 1 is 1.23 bits per heavy atom. The molecule has 9 heteroatoms. The molecule has 31 heavy (non-hydrogen) atoms. The number of anilines is 1. The van der Waals surface area contributed by atoms with Crippen molar-refractivity contribution in [3.05, 3.63) is 66.2 Å². The van der Waals surface area contributed by atoms with Crippen LogP contribution in [0.15, 0.2) is 55.0 Å². The molecule has 0 saturated heterocycles. The highest BCUT2D eigenvalue weighted by molar-refractivity contribution is 5.96. The van der Waals surface area contributed by atoms with Gasteiger partial charge in [-0.2, -0.15) is 10.2 Å². The van der Waals surface area contributed by atoms with Gasteiger partial charge < -0.3 is 10.1 Å². The average molecular weight is 418 g/mol. The van der Waals surface area contributed by atoms with E-state index in [0.717, 1.165) is 17.0 Å². The number of ether oxygens (including phenoxy) is 1. The number of aryl methyl sites for hydroxylation is 1.